The first-order valence-electron chi connectivity index (χ1n) is 6.78. The highest BCUT2D eigenvalue weighted by Gasteiger charge is 2.29. The summed E-state index contributed by atoms with van der Waals surface area (Å²) in [4.78, 5) is 2.39. The van der Waals surface area contributed by atoms with Crippen molar-refractivity contribution in [3.63, 3.8) is 0 Å². The zero-order valence-electron chi connectivity index (χ0n) is 11.3. The van der Waals surface area contributed by atoms with Crippen molar-refractivity contribution in [2.45, 2.75) is 44.9 Å². The maximum absolute atomic E-state index is 9.82. The predicted molar refractivity (Wildman–Crippen MR) is 72.7 cm³/mol. The summed E-state index contributed by atoms with van der Waals surface area (Å²) in [7, 11) is 1.69. The summed E-state index contributed by atoms with van der Waals surface area (Å²) >= 11 is 0. The Morgan fingerprint density at radius 1 is 1.44 bits per heavy atom. The van der Waals surface area contributed by atoms with Crippen LogP contribution in [0.1, 0.15) is 31.7 Å². The van der Waals surface area contributed by atoms with Gasteiger partial charge in [-0.3, -0.25) is 4.90 Å². The Bertz CT molecular complexity index is 377. The van der Waals surface area contributed by atoms with Crippen LogP contribution in [0.15, 0.2) is 24.3 Å². The molecule has 0 saturated heterocycles. The second-order valence-electron chi connectivity index (χ2n) is 5.07. The lowest BCUT2D eigenvalue weighted by Gasteiger charge is -2.24. The summed E-state index contributed by atoms with van der Waals surface area (Å²) in [5, 5.41) is 9.82. The fourth-order valence-corrected chi connectivity index (χ4v) is 2.19. The molecule has 0 spiro atoms. The first kappa shape index (κ1) is 13.4. The maximum atomic E-state index is 9.82. The second kappa shape index (κ2) is 6.21. The second-order valence-corrected chi connectivity index (χ2v) is 5.07. The van der Waals surface area contributed by atoms with E-state index in [2.05, 4.69) is 17.0 Å². The summed E-state index contributed by atoms with van der Waals surface area (Å²) < 4.78 is 5.25. The lowest BCUT2D eigenvalue weighted by molar-refractivity contribution is 0.101. The lowest BCUT2D eigenvalue weighted by atomic mass is 10.1. The van der Waals surface area contributed by atoms with Gasteiger partial charge in [-0.25, -0.2) is 0 Å². The molecule has 0 heterocycles. The molecule has 0 radical (unpaired) electrons. The molecule has 1 atom stereocenters. The van der Waals surface area contributed by atoms with Crippen LogP contribution in [-0.2, 0) is 6.54 Å². The third kappa shape index (κ3) is 3.72. The average Bonchev–Trinajstić information content (AvgIpc) is 3.22. The Labute approximate surface area is 109 Å². The van der Waals surface area contributed by atoms with Gasteiger partial charge in [0.2, 0.25) is 0 Å². The molecule has 0 aliphatic heterocycles. The Morgan fingerprint density at radius 3 is 2.83 bits per heavy atom. The normalized spacial score (nSPS) is 16.9. The van der Waals surface area contributed by atoms with Crippen LogP contribution in [-0.4, -0.2) is 35.8 Å². The molecular weight excluding hydrogens is 226 g/mol. The van der Waals surface area contributed by atoms with Crippen LogP contribution in [0.4, 0.5) is 0 Å². The molecule has 3 heteroatoms. The molecule has 1 aromatic rings. The van der Waals surface area contributed by atoms with Crippen LogP contribution in [0.2, 0.25) is 0 Å². The molecule has 1 aliphatic carbocycles. The topological polar surface area (TPSA) is 32.7 Å². The molecule has 1 aromatic carbocycles. The lowest BCUT2D eigenvalue weighted by Crippen LogP contribution is -2.33. The molecule has 2 rings (SSSR count). The minimum absolute atomic E-state index is 0.212. The molecular formula is C15H23NO2. The maximum Gasteiger partial charge on any atom is 0.119 e. The molecule has 100 valence electrons. The van der Waals surface area contributed by atoms with E-state index in [0.717, 1.165) is 25.3 Å². The summed E-state index contributed by atoms with van der Waals surface area (Å²) in [6.07, 6.45) is 3.14. The highest BCUT2D eigenvalue weighted by atomic mass is 16.5. The standard InChI is InChI=1S/C15H23NO2/c1-3-14(17)11-16(13-7-8-13)10-12-5-4-6-15(9-12)18-2/h4-6,9,13-14,17H,3,7-8,10-11H2,1-2H3. The number of benzene rings is 1. The van der Waals surface area contributed by atoms with Gasteiger partial charge in [0.15, 0.2) is 0 Å². The smallest absolute Gasteiger partial charge is 0.119 e. The highest BCUT2D eigenvalue weighted by Crippen LogP contribution is 2.29. The molecule has 3 nitrogen and oxygen atoms in total. The van der Waals surface area contributed by atoms with E-state index in [4.69, 9.17) is 4.74 Å². The monoisotopic (exact) mass is 249 g/mol. The zero-order valence-corrected chi connectivity index (χ0v) is 11.3. The summed E-state index contributed by atoms with van der Waals surface area (Å²) in [5.74, 6) is 0.902. The van der Waals surface area contributed by atoms with Crippen LogP contribution in [0.3, 0.4) is 0 Å². The number of aliphatic hydroxyl groups is 1. The minimum atomic E-state index is -0.212. The van der Waals surface area contributed by atoms with E-state index >= 15 is 0 Å². The number of nitrogens with zero attached hydrogens (tertiary/aromatic N) is 1. The van der Waals surface area contributed by atoms with Gasteiger partial charge in [0.1, 0.15) is 5.75 Å². The van der Waals surface area contributed by atoms with E-state index in [1.54, 1.807) is 7.11 Å². The van der Waals surface area contributed by atoms with Crippen molar-refractivity contribution in [2.75, 3.05) is 13.7 Å². The van der Waals surface area contributed by atoms with Gasteiger partial charge in [0, 0.05) is 19.1 Å². The van der Waals surface area contributed by atoms with Crippen LogP contribution in [0.5, 0.6) is 5.75 Å². The van der Waals surface area contributed by atoms with Crippen LogP contribution in [0, 0.1) is 0 Å². The Balaban J connectivity index is 1.99. The average molecular weight is 249 g/mol. The first-order chi connectivity index (χ1) is 8.72. The molecule has 1 N–H and O–H groups in total. The number of hydrogen-bond donors (Lipinski definition) is 1. The van der Waals surface area contributed by atoms with Crippen molar-refractivity contribution < 1.29 is 9.84 Å². The fourth-order valence-electron chi connectivity index (χ4n) is 2.19. The van der Waals surface area contributed by atoms with E-state index < -0.39 is 0 Å². The van der Waals surface area contributed by atoms with Gasteiger partial charge in [0.25, 0.3) is 0 Å². The fraction of sp³-hybridized carbons (Fsp3) is 0.600. The zero-order chi connectivity index (χ0) is 13.0. The van der Waals surface area contributed by atoms with Gasteiger partial charge in [-0.15, -0.1) is 0 Å². The van der Waals surface area contributed by atoms with Crippen LogP contribution < -0.4 is 4.74 Å². The number of hydrogen-bond acceptors (Lipinski definition) is 3. The van der Waals surface area contributed by atoms with E-state index in [-0.39, 0.29) is 6.10 Å². The molecule has 18 heavy (non-hydrogen) atoms. The summed E-state index contributed by atoms with van der Waals surface area (Å²) in [6, 6.07) is 8.85. The molecule has 1 unspecified atom stereocenters. The van der Waals surface area contributed by atoms with Crippen molar-refractivity contribution in [1.29, 1.82) is 0 Å². The Hall–Kier alpha value is -1.06. The third-order valence-electron chi connectivity index (χ3n) is 3.50. The number of methoxy groups -OCH3 is 1. The number of ether oxygens (including phenoxy) is 1. The van der Waals surface area contributed by atoms with Crippen molar-refractivity contribution in [3.8, 4) is 5.75 Å². The van der Waals surface area contributed by atoms with E-state index in [9.17, 15) is 5.11 Å². The quantitative estimate of drug-likeness (QED) is 0.805. The first-order valence-corrected chi connectivity index (χ1v) is 6.78. The Morgan fingerprint density at radius 2 is 2.22 bits per heavy atom. The van der Waals surface area contributed by atoms with Gasteiger partial charge in [-0.1, -0.05) is 19.1 Å². The molecule has 1 fully saturated rings. The van der Waals surface area contributed by atoms with Crippen molar-refractivity contribution in [1.82, 2.24) is 4.90 Å². The molecule has 0 bridgehead atoms. The molecule has 1 aliphatic rings. The van der Waals surface area contributed by atoms with Gasteiger partial charge in [-0.2, -0.15) is 0 Å². The number of rotatable bonds is 7. The third-order valence-corrected chi connectivity index (χ3v) is 3.50. The van der Waals surface area contributed by atoms with Crippen LogP contribution in [0.25, 0.3) is 0 Å². The highest BCUT2D eigenvalue weighted by molar-refractivity contribution is 5.28. The van der Waals surface area contributed by atoms with Gasteiger partial charge in [0.05, 0.1) is 13.2 Å². The molecule has 0 amide bonds. The van der Waals surface area contributed by atoms with Gasteiger partial charge < -0.3 is 9.84 Å². The SMILES string of the molecule is CCC(O)CN(Cc1cccc(OC)c1)C1CC1. The van der Waals surface area contributed by atoms with Crippen molar-refractivity contribution in [3.05, 3.63) is 29.8 Å². The van der Waals surface area contributed by atoms with Crippen molar-refractivity contribution in [2.24, 2.45) is 0 Å². The van der Waals surface area contributed by atoms with Gasteiger partial charge in [-0.05, 0) is 37.0 Å². The minimum Gasteiger partial charge on any atom is -0.497 e. The Kier molecular flexibility index (Phi) is 4.61. The number of aliphatic hydroxyl groups excluding tert-OH is 1. The van der Waals surface area contributed by atoms with E-state index in [1.165, 1.54) is 18.4 Å². The molecule has 0 aromatic heterocycles. The van der Waals surface area contributed by atoms with E-state index in [0.29, 0.717) is 6.04 Å². The van der Waals surface area contributed by atoms with Crippen molar-refractivity contribution >= 4 is 0 Å². The largest absolute Gasteiger partial charge is 0.497 e. The van der Waals surface area contributed by atoms with E-state index in [1.807, 2.05) is 19.1 Å². The van der Waals surface area contributed by atoms with Crippen LogP contribution >= 0.6 is 0 Å². The summed E-state index contributed by atoms with van der Waals surface area (Å²) in [6.45, 7) is 3.71. The molecule has 1 saturated carbocycles. The predicted octanol–water partition coefficient (Wildman–Crippen LogP) is 2.43. The van der Waals surface area contributed by atoms with Gasteiger partial charge >= 0.3 is 0 Å². The summed E-state index contributed by atoms with van der Waals surface area (Å²) in [5.41, 5.74) is 1.25.